The van der Waals surface area contributed by atoms with E-state index in [4.69, 9.17) is 0 Å². The summed E-state index contributed by atoms with van der Waals surface area (Å²) in [4.78, 5) is 47.9. The first-order valence-electron chi connectivity index (χ1n) is 7.71. The van der Waals surface area contributed by atoms with Crippen molar-refractivity contribution in [2.45, 2.75) is 65.3 Å². The lowest BCUT2D eigenvalue weighted by Gasteiger charge is -2.36. The van der Waals surface area contributed by atoms with Crippen LogP contribution in [0.25, 0.3) is 0 Å². The number of unbranched alkanes of at least 4 members (excludes halogenated alkanes) is 2. The van der Waals surface area contributed by atoms with Crippen LogP contribution in [0, 0.1) is 5.92 Å². The number of carboxylic acids is 1. The quantitative estimate of drug-likeness (QED) is 0.542. The Labute approximate surface area is 130 Å². The van der Waals surface area contributed by atoms with E-state index in [0.717, 1.165) is 22.9 Å². The minimum Gasteiger partial charge on any atom is -0.480 e. The zero-order chi connectivity index (χ0) is 16.9. The van der Waals surface area contributed by atoms with Crippen molar-refractivity contribution in [3.05, 3.63) is 0 Å². The van der Waals surface area contributed by atoms with Crippen molar-refractivity contribution >= 4 is 23.7 Å². The van der Waals surface area contributed by atoms with Crippen molar-refractivity contribution in [2.75, 3.05) is 0 Å². The number of hydrogen-bond acceptors (Lipinski definition) is 4. The zero-order valence-electron chi connectivity index (χ0n) is 13.4. The normalized spacial score (nSPS) is 16.3. The molecular formula is C15H24N2O5. The van der Waals surface area contributed by atoms with Gasteiger partial charge in [-0.2, -0.15) is 5.01 Å². The molecule has 0 saturated carbocycles. The fourth-order valence-corrected chi connectivity index (χ4v) is 2.51. The second-order valence-electron chi connectivity index (χ2n) is 5.82. The van der Waals surface area contributed by atoms with E-state index in [-0.39, 0.29) is 19.3 Å². The van der Waals surface area contributed by atoms with Crippen molar-refractivity contribution in [2.24, 2.45) is 5.92 Å². The topological polar surface area (TPSA) is 95.0 Å². The summed E-state index contributed by atoms with van der Waals surface area (Å²) in [7, 11) is 0. The van der Waals surface area contributed by atoms with E-state index in [1.165, 1.54) is 0 Å². The first-order valence-corrected chi connectivity index (χ1v) is 7.71. The van der Waals surface area contributed by atoms with Gasteiger partial charge >= 0.3 is 5.97 Å². The summed E-state index contributed by atoms with van der Waals surface area (Å²) in [6, 6.07) is -1.22. The number of imide groups is 1. The predicted octanol–water partition coefficient (Wildman–Crippen LogP) is 1.57. The molecule has 1 saturated heterocycles. The highest BCUT2D eigenvalue weighted by Gasteiger charge is 2.43. The van der Waals surface area contributed by atoms with Crippen molar-refractivity contribution in [1.82, 2.24) is 10.0 Å². The van der Waals surface area contributed by atoms with Gasteiger partial charge in [-0.1, -0.05) is 33.6 Å². The van der Waals surface area contributed by atoms with E-state index in [1.54, 1.807) is 13.8 Å². The number of amides is 3. The van der Waals surface area contributed by atoms with Gasteiger partial charge in [-0.25, -0.2) is 9.80 Å². The van der Waals surface area contributed by atoms with E-state index in [2.05, 4.69) is 0 Å². The maximum atomic E-state index is 12.5. The summed E-state index contributed by atoms with van der Waals surface area (Å²) in [5.41, 5.74) is 0. The minimum absolute atomic E-state index is 0.0159. The Hall–Kier alpha value is -1.92. The van der Waals surface area contributed by atoms with Crippen LogP contribution in [0.4, 0.5) is 0 Å². The van der Waals surface area contributed by atoms with Crippen molar-refractivity contribution in [3.63, 3.8) is 0 Å². The molecule has 1 rings (SSSR count). The van der Waals surface area contributed by atoms with Gasteiger partial charge in [0.25, 0.3) is 0 Å². The van der Waals surface area contributed by atoms with Gasteiger partial charge < -0.3 is 5.11 Å². The van der Waals surface area contributed by atoms with Gasteiger partial charge in [0.2, 0.25) is 17.7 Å². The van der Waals surface area contributed by atoms with Crippen LogP contribution in [0.5, 0.6) is 0 Å². The first-order chi connectivity index (χ1) is 10.3. The summed E-state index contributed by atoms with van der Waals surface area (Å²) >= 11 is 0. The van der Waals surface area contributed by atoms with Crippen LogP contribution < -0.4 is 0 Å². The number of rotatable bonds is 8. The molecule has 1 heterocycles. The molecule has 1 fully saturated rings. The van der Waals surface area contributed by atoms with Crippen LogP contribution >= 0.6 is 0 Å². The molecule has 7 nitrogen and oxygen atoms in total. The smallest absolute Gasteiger partial charge is 0.328 e. The van der Waals surface area contributed by atoms with Crippen molar-refractivity contribution in [3.8, 4) is 0 Å². The third kappa shape index (κ3) is 4.05. The highest BCUT2D eigenvalue weighted by molar-refractivity contribution is 6.03. The molecule has 124 valence electrons. The number of carboxylic acid groups (broad SMARTS) is 1. The monoisotopic (exact) mass is 312 g/mol. The number of carbonyl (C=O) groups is 4. The molecule has 0 aromatic rings. The van der Waals surface area contributed by atoms with Crippen LogP contribution in [0.1, 0.15) is 59.3 Å². The lowest BCUT2D eigenvalue weighted by atomic mass is 10.0. The van der Waals surface area contributed by atoms with E-state index >= 15 is 0 Å². The van der Waals surface area contributed by atoms with Crippen molar-refractivity contribution in [1.29, 1.82) is 0 Å². The lowest BCUT2D eigenvalue weighted by molar-refractivity contribution is -0.180. The van der Waals surface area contributed by atoms with Gasteiger partial charge in [-0.3, -0.25) is 14.4 Å². The number of carbonyl (C=O) groups excluding carboxylic acids is 3. The number of aliphatic carboxylic acids is 1. The summed E-state index contributed by atoms with van der Waals surface area (Å²) in [6.07, 6.45) is 2.51. The summed E-state index contributed by atoms with van der Waals surface area (Å²) in [5.74, 6) is -3.15. The number of hydrogen-bond donors (Lipinski definition) is 1. The minimum atomic E-state index is -1.22. The lowest BCUT2D eigenvalue weighted by Crippen LogP contribution is -2.58. The SMILES string of the molecule is CCCCCC(=O)N([C@H](C(=O)O)C(C)C)N1C(=O)CCC1=O. The van der Waals surface area contributed by atoms with Crippen LogP contribution in [-0.2, 0) is 19.2 Å². The Kier molecular flexibility index (Phi) is 6.52. The van der Waals surface area contributed by atoms with E-state index < -0.39 is 35.7 Å². The van der Waals surface area contributed by atoms with Crippen LogP contribution in [-0.4, -0.2) is 44.9 Å². The van der Waals surface area contributed by atoms with E-state index in [9.17, 15) is 24.3 Å². The summed E-state index contributed by atoms with van der Waals surface area (Å²) in [6.45, 7) is 5.29. The average Bonchev–Trinajstić information content (AvgIpc) is 2.74. The van der Waals surface area contributed by atoms with E-state index in [1.807, 2.05) is 6.92 Å². The molecule has 0 spiro atoms. The third-order valence-corrected chi connectivity index (χ3v) is 3.64. The molecule has 0 aromatic heterocycles. The average molecular weight is 312 g/mol. The Balaban J connectivity index is 3.08. The Morgan fingerprint density at radius 2 is 1.73 bits per heavy atom. The maximum Gasteiger partial charge on any atom is 0.328 e. The molecule has 22 heavy (non-hydrogen) atoms. The van der Waals surface area contributed by atoms with Crippen LogP contribution in [0.3, 0.4) is 0 Å². The Morgan fingerprint density at radius 1 is 1.18 bits per heavy atom. The first kappa shape index (κ1) is 18.1. The molecule has 0 radical (unpaired) electrons. The molecule has 0 bridgehead atoms. The Bertz CT molecular complexity index is 445. The molecule has 0 aliphatic carbocycles. The van der Waals surface area contributed by atoms with E-state index in [0.29, 0.717) is 6.42 Å². The van der Waals surface area contributed by atoms with Gasteiger partial charge in [0.05, 0.1) is 0 Å². The van der Waals surface area contributed by atoms with Crippen molar-refractivity contribution < 1.29 is 24.3 Å². The molecule has 0 aromatic carbocycles. The molecule has 0 unspecified atom stereocenters. The summed E-state index contributed by atoms with van der Waals surface area (Å²) in [5, 5.41) is 11.0. The number of nitrogens with zero attached hydrogens (tertiary/aromatic N) is 2. The summed E-state index contributed by atoms with van der Waals surface area (Å²) < 4.78 is 0. The fourth-order valence-electron chi connectivity index (χ4n) is 2.51. The van der Waals surface area contributed by atoms with Crippen LogP contribution in [0.15, 0.2) is 0 Å². The highest BCUT2D eigenvalue weighted by Crippen LogP contribution is 2.23. The third-order valence-electron chi connectivity index (χ3n) is 3.64. The second-order valence-corrected chi connectivity index (χ2v) is 5.82. The van der Waals surface area contributed by atoms with Crippen LogP contribution in [0.2, 0.25) is 0 Å². The fraction of sp³-hybridized carbons (Fsp3) is 0.733. The molecular weight excluding hydrogens is 288 g/mol. The van der Waals surface area contributed by atoms with Gasteiger partial charge in [-0.05, 0) is 12.3 Å². The largest absolute Gasteiger partial charge is 0.480 e. The molecule has 1 atom stereocenters. The van der Waals surface area contributed by atoms with Gasteiger partial charge in [-0.15, -0.1) is 0 Å². The van der Waals surface area contributed by atoms with Gasteiger partial charge in [0, 0.05) is 19.3 Å². The number of hydrazine groups is 1. The molecule has 1 N–H and O–H groups in total. The molecule has 1 aliphatic rings. The Morgan fingerprint density at radius 3 is 2.14 bits per heavy atom. The maximum absolute atomic E-state index is 12.5. The van der Waals surface area contributed by atoms with Gasteiger partial charge in [0.1, 0.15) is 0 Å². The van der Waals surface area contributed by atoms with Gasteiger partial charge in [0.15, 0.2) is 6.04 Å². The second kappa shape index (κ2) is 7.91. The molecule has 7 heteroatoms. The molecule has 1 aliphatic heterocycles. The molecule has 3 amide bonds. The predicted molar refractivity (Wildman–Crippen MR) is 78.3 cm³/mol. The standard InChI is InChI=1S/C15H24N2O5/c1-4-5-6-7-11(18)17(14(10(2)3)15(21)22)16-12(19)8-9-13(16)20/h10,14H,4-9H2,1-3H3,(H,21,22)/t14-/m0/s1. The highest BCUT2D eigenvalue weighted by atomic mass is 16.4. The zero-order valence-corrected chi connectivity index (χ0v) is 13.4.